The second kappa shape index (κ2) is 10.9. The molecular formula is C20H25N9O4. The molecular weight excluding hydrogens is 430 g/mol. The van der Waals surface area contributed by atoms with E-state index in [9.17, 15) is 9.59 Å². The Hall–Kier alpha value is -4.26. The number of urea groups is 1. The summed E-state index contributed by atoms with van der Waals surface area (Å²) in [6.07, 6.45) is 1.58. The van der Waals surface area contributed by atoms with Crippen molar-refractivity contribution in [1.29, 1.82) is 0 Å². The van der Waals surface area contributed by atoms with Crippen LogP contribution in [0.1, 0.15) is 10.5 Å². The maximum Gasteiger partial charge on any atom is 0.320 e. The van der Waals surface area contributed by atoms with E-state index >= 15 is 0 Å². The van der Waals surface area contributed by atoms with Gasteiger partial charge in [-0.25, -0.2) is 9.78 Å². The highest BCUT2D eigenvalue weighted by atomic mass is 16.5. The maximum absolute atomic E-state index is 12.4. The smallest absolute Gasteiger partial charge is 0.320 e. The number of hydrogen-bond donors (Lipinski definition) is 4. The number of benzene rings is 1. The lowest BCUT2D eigenvalue weighted by atomic mass is 10.1. The Kier molecular flexibility index (Phi) is 7.70. The first kappa shape index (κ1) is 23.4. The fourth-order valence-electron chi connectivity index (χ4n) is 2.90. The van der Waals surface area contributed by atoms with Crippen LogP contribution in [0.25, 0.3) is 11.4 Å². The molecule has 0 aliphatic rings. The number of ether oxygens (including phenoxy) is 2. The summed E-state index contributed by atoms with van der Waals surface area (Å²) in [4.78, 5) is 28.7. The Labute approximate surface area is 189 Å². The van der Waals surface area contributed by atoms with Gasteiger partial charge in [0.2, 0.25) is 0 Å². The molecule has 1 aromatic carbocycles. The number of anilines is 3. The van der Waals surface area contributed by atoms with Gasteiger partial charge in [0.1, 0.15) is 6.33 Å². The van der Waals surface area contributed by atoms with Crippen LogP contribution in [0, 0.1) is 0 Å². The van der Waals surface area contributed by atoms with Crippen molar-refractivity contribution < 1.29 is 19.1 Å². The summed E-state index contributed by atoms with van der Waals surface area (Å²) in [5.41, 5.74) is 1.53. The first-order chi connectivity index (χ1) is 16.0. The first-order valence-corrected chi connectivity index (χ1v) is 9.90. The molecule has 174 valence electrons. The minimum Gasteiger partial charge on any atom is -0.494 e. The summed E-state index contributed by atoms with van der Waals surface area (Å²) in [7, 11) is 6.31. The molecule has 33 heavy (non-hydrogen) atoms. The highest BCUT2D eigenvalue weighted by molar-refractivity contribution is 5.99. The SMILES string of the molecule is CNC(=O)c1nnc(NC(=O)NCCOC)cc1Nc1cccc(-c2ncn(C)n2)c1OC. The number of para-hydroxylation sites is 1. The van der Waals surface area contributed by atoms with Gasteiger partial charge < -0.3 is 25.4 Å². The van der Waals surface area contributed by atoms with Crippen LogP contribution >= 0.6 is 0 Å². The van der Waals surface area contributed by atoms with E-state index in [4.69, 9.17) is 9.47 Å². The minimum absolute atomic E-state index is 0.0336. The summed E-state index contributed by atoms with van der Waals surface area (Å²) in [5, 5.41) is 23.1. The van der Waals surface area contributed by atoms with Gasteiger partial charge in [-0.1, -0.05) is 6.07 Å². The quantitative estimate of drug-likeness (QED) is 0.347. The first-order valence-electron chi connectivity index (χ1n) is 9.90. The summed E-state index contributed by atoms with van der Waals surface area (Å²) < 4.78 is 12.1. The molecule has 13 heteroatoms. The molecule has 0 aliphatic carbocycles. The van der Waals surface area contributed by atoms with Crippen molar-refractivity contribution in [3.8, 4) is 17.1 Å². The highest BCUT2D eigenvalue weighted by Gasteiger charge is 2.19. The molecule has 0 saturated carbocycles. The van der Waals surface area contributed by atoms with Crippen molar-refractivity contribution in [2.75, 3.05) is 45.1 Å². The molecule has 3 amide bonds. The van der Waals surface area contributed by atoms with E-state index in [0.29, 0.717) is 41.7 Å². The van der Waals surface area contributed by atoms with E-state index in [0.717, 1.165) is 0 Å². The minimum atomic E-state index is -0.485. The van der Waals surface area contributed by atoms with Crippen molar-refractivity contribution in [1.82, 2.24) is 35.6 Å². The maximum atomic E-state index is 12.4. The summed E-state index contributed by atoms with van der Waals surface area (Å²) in [5.74, 6) is 0.631. The standard InChI is InChI=1S/C20H25N9O4/c1-21-19(30)16-14(10-15(26-27-16)25-20(31)22-8-9-32-3)24-13-7-5-6-12(17(13)33-4)18-23-11-29(2)28-18/h5-7,10-11H,8-9H2,1-4H3,(H,21,30)(H3,22,24,25,26,31). The van der Waals surface area contributed by atoms with Gasteiger partial charge in [0.15, 0.2) is 23.1 Å². The topological polar surface area (TPSA) is 157 Å². The molecule has 3 rings (SSSR count). The van der Waals surface area contributed by atoms with Crippen molar-refractivity contribution in [3.63, 3.8) is 0 Å². The molecule has 0 atom stereocenters. The molecule has 2 aromatic heterocycles. The number of carbonyl (C=O) groups is 2. The normalized spacial score (nSPS) is 10.4. The number of hydrogen-bond acceptors (Lipinski definition) is 9. The average Bonchev–Trinajstić information content (AvgIpc) is 3.25. The number of aryl methyl sites for hydroxylation is 1. The van der Waals surface area contributed by atoms with Gasteiger partial charge >= 0.3 is 6.03 Å². The van der Waals surface area contributed by atoms with Gasteiger partial charge in [-0.3, -0.25) is 14.8 Å². The third kappa shape index (κ3) is 5.71. The fourth-order valence-corrected chi connectivity index (χ4v) is 2.90. The van der Waals surface area contributed by atoms with Gasteiger partial charge in [-0.15, -0.1) is 10.2 Å². The highest BCUT2D eigenvalue weighted by Crippen LogP contribution is 2.37. The lowest BCUT2D eigenvalue weighted by Gasteiger charge is -2.16. The third-order valence-electron chi connectivity index (χ3n) is 4.40. The number of nitrogens with one attached hydrogen (secondary N) is 4. The van der Waals surface area contributed by atoms with Gasteiger partial charge in [-0.2, -0.15) is 5.10 Å². The largest absolute Gasteiger partial charge is 0.494 e. The van der Waals surface area contributed by atoms with E-state index < -0.39 is 11.9 Å². The summed E-state index contributed by atoms with van der Waals surface area (Å²) >= 11 is 0. The second-order valence-corrected chi connectivity index (χ2v) is 6.70. The zero-order valence-electron chi connectivity index (χ0n) is 18.7. The van der Waals surface area contributed by atoms with Crippen LogP contribution < -0.4 is 26.0 Å². The molecule has 0 bridgehead atoms. The Morgan fingerprint density at radius 3 is 2.64 bits per heavy atom. The lowest BCUT2D eigenvalue weighted by Crippen LogP contribution is -2.32. The predicted octanol–water partition coefficient (Wildman–Crippen LogP) is 1.15. The van der Waals surface area contributed by atoms with Crippen LogP contribution in [0.15, 0.2) is 30.6 Å². The van der Waals surface area contributed by atoms with Crippen molar-refractivity contribution in [3.05, 3.63) is 36.3 Å². The van der Waals surface area contributed by atoms with Crippen molar-refractivity contribution in [2.24, 2.45) is 7.05 Å². The van der Waals surface area contributed by atoms with Gasteiger partial charge in [0, 0.05) is 33.8 Å². The van der Waals surface area contributed by atoms with E-state index in [1.165, 1.54) is 27.3 Å². The lowest BCUT2D eigenvalue weighted by molar-refractivity contribution is 0.0958. The average molecular weight is 455 g/mol. The number of amides is 3. The molecule has 0 saturated heterocycles. The Morgan fingerprint density at radius 2 is 1.97 bits per heavy atom. The molecule has 3 aromatic rings. The van der Waals surface area contributed by atoms with Crippen LogP contribution in [0.2, 0.25) is 0 Å². The van der Waals surface area contributed by atoms with Crippen molar-refractivity contribution in [2.45, 2.75) is 0 Å². The van der Waals surface area contributed by atoms with Crippen LogP contribution in [0.5, 0.6) is 5.75 Å². The van der Waals surface area contributed by atoms with Crippen molar-refractivity contribution >= 4 is 29.1 Å². The molecule has 0 spiro atoms. The van der Waals surface area contributed by atoms with Gasteiger partial charge in [0.05, 0.1) is 30.7 Å². The Balaban J connectivity index is 1.94. The van der Waals surface area contributed by atoms with E-state index in [1.807, 2.05) is 6.07 Å². The zero-order chi connectivity index (χ0) is 23.8. The molecule has 4 N–H and O–H groups in total. The Bertz CT molecular complexity index is 1130. The van der Waals surface area contributed by atoms with E-state index in [1.54, 1.807) is 30.2 Å². The van der Waals surface area contributed by atoms with E-state index in [-0.39, 0.29) is 11.5 Å². The number of aromatic nitrogens is 5. The number of rotatable bonds is 9. The molecule has 13 nitrogen and oxygen atoms in total. The number of carbonyl (C=O) groups excluding carboxylic acids is 2. The van der Waals surface area contributed by atoms with Crippen LogP contribution in [-0.2, 0) is 11.8 Å². The molecule has 0 aliphatic heterocycles. The van der Waals surface area contributed by atoms with Crippen LogP contribution in [0.3, 0.4) is 0 Å². The molecule has 0 fully saturated rings. The van der Waals surface area contributed by atoms with Crippen LogP contribution in [0.4, 0.5) is 22.0 Å². The monoisotopic (exact) mass is 455 g/mol. The molecule has 2 heterocycles. The van der Waals surface area contributed by atoms with Gasteiger partial charge in [-0.05, 0) is 12.1 Å². The molecule has 0 radical (unpaired) electrons. The third-order valence-corrected chi connectivity index (χ3v) is 4.40. The zero-order valence-corrected chi connectivity index (χ0v) is 18.7. The molecule has 0 unspecified atom stereocenters. The summed E-state index contributed by atoms with van der Waals surface area (Å²) in [6, 6.07) is 6.40. The van der Waals surface area contributed by atoms with Gasteiger partial charge in [0.25, 0.3) is 5.91 Å². The fraction of sp³-hybridized carbons (Fsp3) is 0.300. The summed E-state index contributed by atoms with van der Waals surface area (Å²) in [6.45, 7) is 0.686. The predicted molar refractivity (Wildman–Crippen MR) is 121 cm³/mol. The van der Waals surface area contributed by atoms with E-state index in [2.05, 4.69) is 41.5 Å². The Morgan fingerprint density at radius 1 is 1.15 bits per heavy atom. The number of nitrogens with zero attached hydrogens (tertiary/aromatic N) is 5. The second-order valence-electron chi connectivity index (χ2n) is 6.70. The number of methoxy groups -OCH3 is 2. The van der Waals surface area contributed by atoms with Crippen LogP contribution in [-0.4, -0.2) is 71.3 Å².